The average Bonchev–Trinajstić information content (AvgIpc) is 4.02. The third-order valence-electron chi connectivity index (χ3n) is 15.9. The highest BCUT2D eigenvalue weighted by Crippen LogP contribution is 2.60. The number of hydrogen-bond donors (Lipinski definition) is 0. The molecule has 0 fully saturated rings. The van der Waals surface area contributed by atoms with Gasteiger partial charge in [0.25, 0.3) is 0 Å². The van der Waals surface area contributed by atoms with E-state index in [1.165, 1.54) is 165 Å². The van der Waals surface area contributed by atoms with Crippen LogP contribution >= 0.6 is 0 Å². The first-order valence-electron chi connectivity index (χ1n) is 22.4. The summed E-state index contributed by atoms with van der Waals surface area (Å²) in [6, 6.07) is 70.3. The SMILES string of the molecule is CC1(C)c2ccccc2-c2cc3c(cc21)-c1ccc2ccc4c(-c5ccc6c7c(cccc57)-c5ccccc5-6)cc(-c5ccc6c7c(cccc57)-c5ccccc5-6)c5cc-3c1c2c45. The van der Waals surface area contributed by atoms with E-state index in [1.54, 1.807) is 0 Å². The van der Waals surface area contributed by atoms with Crippen molar-refractivity contribution in [3.05, 3.63) is 193 Å². The molecule has 288 valence electrons. The molecular weight excluding hydrogens is 757 g/mol. The molecule has 0 nitrogen and oxygen atoms in total. The fraction of sp³-hybridized carbons (Fsp3) is 0.0476. The van der Waals surface area contributed by atoms with Crippen molar-refractivity contribution in [2.45, 2.75) is 19.3 Å². The van der Waals surface area contributed by atoms with E-state index in [4.69, 9.17) is 0 Å². The van der Waals surface area contributed by atoms with Crippen LogP contribution in [0.15, 0.2) is 182 Å². The Morgan fingerprint density at radius 3 is 1.33 bits per heavy atom. The van der Waals surface area contributed by atoms with Gasteiger partial charge in [0.05, 0.1) is 0 Å². The molecule has 0 saturated carbocycles. The first-order valence-corrected chi connectivity index (χ1v) is 22.4. The summed E-state index contributed by atoms with van der Waals surface area (Å²) < 4.78 is 0. The molecule has 0 unspecified atom stereocenters. The van der Waals surface area contributed by atoms with Crippen molar-refractivity contribution in [3.63, 3.8) is 0 Å². The number of benzene rings is 12. The van der Waals surface area contributed by atoms with Crippen molar-refractivity contribution in [2.24, 2.45) is 0 Å². The van der Waals surface area contributed by atoms with E-state index in [0.717, 1.165) is 0 Å². The molecule has 4 aliphatic rings. The van der Waals surface area contributed by atoms with Crippen molar-refractivity contribution >= 4 is 53.9 Å². The molecule has 0 radical (unpaired) electrons. The maximum absolute atomic E-state index is 2.58. The van der Waals surface area contributed by atoms with Crippen molar-refractivity contribution in [3.8, 4) is 100 Å². The Labute approximate surface area is 364 Å². The minimum Gasteiger partial charge on any atom is -0.0619 e. The molecule has 0 N–H and O–H groups in total. The lowest BCUT2D eigenvalue weighted by Gasteiger charge is -2.22. The molecule has 63 heavy (non-hydrogen) atoms. The van der Waals surface area contributed by atoms with Gasteiger partial charge in [0.2, 0.25) is 0 Å². The minimum absolute atomic E-state index is 0.0701. The summed E-state index contributed by atoms with van der Waals surface area (Å²) in [4.78, 5) is 0. The molecule has 4 aliphatic carbocycles. The Morgan fingerprint density at radius 1 is 0.222 bits per heavy atom. The van der Waals surface area contributed by atoms with Crippen LogP contribution in [0, 0.1) is 0 Å². The first kappa shape index (κ1) is 32.9. The fourth-order valence-electron chi connectivity index (χ4n) is 13.2. The molecule has 0 heterocycles. The molecule has 16 rings (SSSR count). The molecule has 0 saturated heterocycles. The number of hydrogen-bond acceptors (Lipinski definition) is 0. The molecule has 0 bridgehead atoms. The van der Waals surface area contributed by atoms with Crippen LogP contribution in [0.3, 0.4) is 0 Å². The summed E-state index contributed by atoms with van der Waals surface area (Å²) in [5.41, 5.74) is 26.8. The average molecular weight is 793 g/mol. The van der Waals surface area contributed by atoms with Crippen LogP contribution in [-0.2, 0) is 5.41 Å². The van der Waals surface area contributed by atoms with Gasteiger partial charge in [0.15, 0.2) is 0 Å². The quantitative estimate of drug-likeness (QED) is 0.153. The van der Waals surface area contributed by atoms with Gasteiger partial charge < -0.3 is 0 Å². The fourth-order valence-corrected chi connectivity index (χ4v) is 13.2. The summed E-state index contributed by atoms with van der Waals surface area (Å²) in [6.45, 7) is 4.80. The van der Waals surface area contributed by atoms with E-state index < -0.39 is 0 Å². The van der Waals surface area contributed by atoms with Gasteiger partial charge in [-0.25, -0.2) is 0 Å². The van der Waals surface area contributed by atoms with Crippen LogP contribution in [0.25, 0.3) is 154 Å². The lowest BCUT2D eigenvalue weighted by molar-refractivity contribution is 0.660. The highest BCUT2D eigenvalue weighted by molar-refractivity contribution is 6.36. The third-order valence-corrected chi connectivity index (χ3v) is 15.9. The summed E-state index contributed by atoms with van der Waals surface area (Å²) in [6.07, 6.45) is 0. The van der Waals surface area contributed by atoms with Gasteiger partial charge in [0.1, 0.15) is 0 Å². The van der Waals surface area contributed by atoms with Crippen LogP contribution < -0.4 is 0 Å². The zero-order valence-electron chi connectivity index (χ0n) is 34.8. The van der Waals surface area contributed by atoms with Gasteiger partial charge in [-0.1, -0.05) is 172 Å². The lowest BCUT2D eigenvalue weighted by Crippen LogP contribution is -2.14. The van der Waals surface area contributed by atoms with Crippen LogP contribution in [0.5, 0.6) is 0 Å². The highest BCUT2D eigenvalue weighted by Gasteiger charge is 2.38. The highest BCUT2D eigenvalue weighted by atomic mass is 14.4. The van der Waals surface area contributed by atoms with Crippen LogP contribution in [0.4, 0.5) is 0 Å². The second kappa shape index (κ2) is 11.0. The second-order valence-corrected chi connectivity index (χ2v) is 19.0. The largest absolute Gasteiger partial charge is 0.0619 e. The van der Waals surface area contributed by atoms with Crippen LogP contribution in [0.1, 0.15) is 25.0 Å². The molecule has 0 spiro atoms. The Kier molecular flexibility index (Phi) is 5.73. The van der Waals surface area contributed by atoms with E-state index in [1.807, 2.05) is 0 Å². The van der Waals surface area contributed by atoms with Crippen LogP contribution in [-0.4, -0.2) is 0 Å². The van der Waals surface area contributed by atoms with E-state index in [2.05, 4.69) is 196 Å². The molecule has 0 atom stereocenters. The smallest absolute Gasteiger partial charge is 0.0159 e. The molecule has 0 aromatic heterocycles. The van der Waals surface area contributed by atoms with Gasteiger partial charge in [-0.3, -0.25) is 0 Å². The molecule has 0 heteroatoms. The predicted molar refractivity (Wildman–Crippen MR) is 267 cm³/mol. The second-order valence-electron chi connectivity index (χ2n) is 19.0. The van der Waals surface area contributed by atoms with Gasteiger partial charge in [-0.15, -0.1) is 0 Å². The van der Waals surface area contributed by atoms with Crippen molar-refractivity contribution in [2.75, 3.05) is 0 Å². The lowest BCUT2D eigenvalue weighted by atomic mass is 9.81. The topological polar surface area (TPSA) is 0 Å². The standard InChI is InChI=1S/C63H36/c1-63(2)56-20-8-7-15-40(56)53-30-51-52(32-57(53)63)48-24-22-33-21-23-47-49(38-25-27-45-36-13-5-3-11-34(36)41-16-9-18-43(38)59(41)45)29-50(54-31-55(51)62(48)58(33)61(47)54)39-26-28-46-37-14-6-4-12-35(37)42-17-10-19-44(39)60(42)46/h3-32H,1-2H3. The summed E-state index contributed by atoms with van der Waals surface area (Å²) in [5.74, 6) is 0. The van der Waals surface area contributed by atoms with Crippen molar-refractivity contribution < 1.29 is 0 Å². The Hall–Kier alpha value is -7.80. The van der Waals surface area contributed by atoms with Gasteiger partial charge in [-0.05, 0) is 189 Å². The Balaban J connectivity index is 1.06. The summed E-state index contributed by atoms with van der Waals surface area (Å²) in [7, 11) is 0. The van der Waals surface area contributed by atoms with Gasteiger partial charge >= 0.3 is 0 Å². The van der Waals surface area contributed by atoms with Crippen molar-refractivity contribution in [1.82, 2.24) is 0 Å². The molecule has 0 amide bonds. The van der Waals surface area contributed by atoms with E-state index in [9.17, 15) is 0 Å². The van der Waals surface area contributed by atoms with Crippen molar-refractivity contribution in [1.29, 1.82) is 0 Å². The minimum atomic E-state index is -0.0701. The zero-order valence-corrected chi connectivity index (χ0v) is 34.8. The zero-order chi connectivity index (χ0) is 41.0. The van der Waals surface area contributed by atoms with Gasteiger partial charge in [-0.2, -0.15) is 0 Å². The Bertz CT molecular complexity index is 4090. The number of fused-ring (bicyclic) bond motifs is 12. The van der Waals surface area contributed by atoms with Gasteiger partial charge in [0, 0.05) is 5.41 Å². The number of rotatable bonds is 2. The Morgan fingerprint density at radius 2 is 0.683 bits per heavy atom. The summed E-state index contributed by atoms with van der Waals surface area (Å²) in [5, 5.41) is 13.4. The normalized spacial score (nSPS) is 14.0. The molecule has 12 aromatic carbocycles. The third kappa shape index (κ3) is 3.80. The van der Waals surface area contributed by atoms with E-state index in [0.29, 0.717) is 0 Å². The first-order chi connectivity index (χ1) is 31.0. The molecule has 12 aromatic rings. The predicted octanol–water partition coefficient (Wildman–Crippen LogP) is 17.5. The maximum Gasteiger partial charge on any atom is 0.0159 e. The van der Waals surface area contributed by atoms with E-state index in [-0.39, 0.29) is 5.41 Å². The molecule has 0 aliphatic heterocycles. The summed E-state index contributed by atoms with van der Waals surface area (Å²) >= 11 is 0. The monoisotopic (exact) mass is 792 g/mol. The maximum atomic E-state index is 2.58. The molecular formula is C63H36. The van der Waals surface area contributed by atoms with Crippen LogP contribution in [0.2, 0.25) is 0 Å². The van der Waals surface area contributed by atoms with E-state index >= 15 is 0 Å².